The number of amides is 4. The molecule has 0 aliphatic carbocycles. The molecule has 9 heteroatoms. The molecule has 0 spiro atoms. The Morgan fingerprint density at radius 3 is 2.28 bits per heavy atom. The summed E-state index contributed by atoms with van der Waals surface area (Å²) in [4.78, 5) is 45.3. The Morgan fingerprint density at radius 1 is 0.938 bits per heavy atom. The van der Waals surface area contributed by atoms with Gasteiger partial charge in [-0.3, -0.25) is 14.9 Å². The van der Waals surface area contributed by atoms with Gasteiger partial charge in [0.15, 0.2) is 5.13 Å². The summed E-state index contributed by atoms with van der Waals surface area (Å²) in [5, 5.41) is 6.22. The molecule has 1 aromatic heterocycles. The normalized spacial score (nSPS) is 13.8. The zero-order valence-corrected chi connectivity index (χ0v) is 18.7. The molecule has 4 amide bonds. The van der Waals surface area contributed by atoms with Crippen LogP contribution in [0, 0.1) is 0 Å². The molecule has 8 nitrogen and oxygen atoms in total. The van der Waals surface area contributed by atoms with Crippen LogP contribution in [0.5, 0.6) is 0 Å². The highest BCUT2D eigenvalue weighted by Gasteiger charge is 2.24. The first-order valence-corrected chi connectivity index (χ1v) is 11.5. The molecule has 1 aliphatic rings. The summed E-state index contributed by atoms with van der Waals surface area (Å²) in [6.45, 7) is 4.63. The topological polar surface area (TPSA) is 94.6 Å². The Kier molecular flexibility index (Phi) is 6.65. The largest absolute Gasteiger partial charge is 0.338 e. The molecule has 2 heterocycles. The summed E-state index contributed by atoms with van der Waals surface area (Å²) >= 11 is 1.42. The van der Waals surface area contributed by atoms with E-state index in [0.29, 0.717) is 49.0 Å². The molecule has 166 valence electrons. The van der Waals surface area contributed by atoms with Crippen molar-refractivity contribution in [2.45, 2.75) is 13.3 Å². The molecule has 1 saturated heterocycles. The highest BCUT2D eigenvalue weighted by molar-refractivity contribution is 7.22. The lowest BCUT2D eigenvalue weighted by Gasteiger charge is -2.34. The van der Waals surface area contributed by atoms with E-state index in [9.17, 15) is 14.4 Å². The van der Waals surface area contributed by atoms with Crippen molar-refractivity contribution in [2.24, 2.45) is 0 Å². The third-order valence-electron chi connectivity index (χ3n) is 5.29. The molecule has 2 N–H and O–H groups in total. The second-order valence-corrected chi connectivity index (χ2v) is 8.56. The van der Waals surface area contributed by atoms with Gasteiger partial charge in [0.2, 0.25) is 0 Å². The molecule has 0 bridgehead atoms. The van der Waals surface area contributed by atoms with Crippen LogP contribution in [0.25, 0.3) is 10.2 Å². The number of urea groups is 1. The van der Waals surface area contributed by atoms with Crippen LogP contribution in [0.4, 0.5) is 9.93 Å². The van der Waals surface area contributed by atoms with Gasteiger partial charge < -0.3 is 15.1 Å². The van der Waals surface area contributed by atoms with Crippen LogP contribution in [0.1, 0.15) is 34.1 Å². The standard InChI is InChI=1S/C23H25N5O3S/c1-2-11-24-23(31)28-14-12-27(13-15-28)21(30)17-9-7-16(8-10-17)20(29)26-22-25-18-5-3-4-6-19(18)32-22/h3-10H,2,11-15H2,1H3,(H,24,31)(H,25,26,29). The highest BCUT2D eigenvalue weighted by Crippen LogP contribution is 2.25. The van der Waals surface area contributed by atoms with Crippen LogP contribution < -0.4 is 10.6 Å². The van der Waals surface area contributed by atoms with Crippen molar-refractivity contribution in [1.29, 1.82) is 0 Å². The lowest BCUT2D eigenvalue weighted by atomic mass is 10.1. The van der Waals surface area contributed by atoms with E-state index in [1.54, 1.807) is 34.1 Å². The number of thiazole rings is 1. The number of piperazine rings is 1. The Balaban J connectivity index is 1.33. The molecular formula is C23H25N5O3S. The number of benzene rings is 2. The lowest BCUT2D eigenvalue weighted by Crippen LogP contribution is -2.53. The summed E-state index contributed by atoms with van der Waals surface area (Å²) in [5.74, 6) is -0.369. The lowest BCUT2D eigenvalue weighted by molar-refractivity contribution is 0.0665. The minimum Gasteiger partial charge on any atom is -0.338 e. The number of para-hydroxylation sites is 1. The molecule has 0 atom stereocenters. The average Bonchev–Trinajstić information content (AvgIpc) is 3.24. The van der Waals surface area contributed by atoms with Gasteiger partial charge in [0.25, 0.3) is 11.8 Å². The second kappa shape index (κ2) is 9.78. The second-order valence-electron chi connectivity index (χ2n) is 7.53. The number of rotatable bonds is 5. The van der Waals surface area contributed by atoms with Crippen molar-refractivity contribution in [2.75, 3.05) is 38.0 Å². The summed E-state index contributed by atoms with van der Waals surface area (Å²) < 4.78 is 1.01. The molecule has 3 aromatic rings. The zero-order chi connectivity index (χ0) is 22.5. The van der Waals surface area contributed by atoms with Crippen LogP contribution in [0.3, 0.4) is 0 Å². The van der Waals surface area contributed by atoms with Crippen molar-refractivity contribution in [3.63, 3.8) is 0 Å². The molecule has 2 aromatic carbocycles. The third-order valence-corrected chi connectivity index (χ3v) is 6.24. The minimum absolute atomic E-state index is 0.0811. The Hall–Kier alpha value is -3.46. The Labute approximate surface area is 190 Å². The van der Waals surface area contributed by atoms with Gasteiger partial charge in [-0.2, -0.15) is 0 Å². The van der Waals surface area contributed by atoms with Gasteiger partial charge in [0, 0.05) is 43.9 Å². The van der Waals surface area contributed by atoms with E-state index in [2.05, 4.69) is 15.6 Å². The van der Waals surface area contributed by atoms with Crippen LogP contribution in [-0.2, 0) is 0 Å². The fraction of sp³-hybridized carbons (Fsp3) is 0.304. The van der Waals surface area contributed by atoms with Gasteiger partial charge in [-0.25, -0.2) is 9.78 Å². The van der Waals surface area contributed by atoms with Gasteiger partial charge in [-0.1, -0.05) is 30.4 Å². The van der Waals surface area contributed by atoms with Crippen molar-refractivity contribution in [3.8, 4) is 0 Å². The number of nitrogens with zero attached hydrogens (tertiary/aromatic N) is 3. The molecule has 0 unspecified atom stereocenters. The van der Waals surface area contributed by atoms with Crippen molar-refractivity contribution in [3.05, 3.63) is 59.7 Å². The molecule has 0 saturated carbocycles. The number of carbonyl (C=O) groups is 3. The number of fused-ring (bicyclic) bond motifs is 1. The third kappa shape index (κ3) is 4.88. The smallest absolute Gasteiger partial charge is 0.317 e. The number of hydrogen-bond acceptors (Lipinski definition) is 5. The van der Waals surface area contributed by atoms with Crippen molar-refractivity contribution in [1.82, 2.24) is 20.1 Å². The maximum atomic E-state index is 12.8. The summed E-state index contributed by atoms with van der Waals surface area (Å²) in [6.07, 6.45) is 0.888. The van der Waals surface area contributed by atoms with Crippen LogP contribution >= 0.6 is 11.3 Å². The van der Waals surface area contributed by atoms with E-state index in [1.807, 2.05) is 31.2 Å². The fourth-order valence-corrected chi connectivity index (χ4v) is 4.36. The van der Waals surface area contributed by atoms with Crippen LogP contribution in [0.2, 0.25) is 0 Å². The minimum atomic E-state index is -0.269. The van der Waals surface area contributed by atoms with Gasteiger partial charge in [0.05, 0.1) is 10.2 Å². The van der Waals surface area contributed by atoms with Gasteiger partial charge in [-0.05, 0) is 42.8 Å². The molecule has 1 fully saturated rings. The predicted octanol–water partition coefficient (Wildman–Crippen LogP) is 3.43. The van der Waals surface area contributed by atoms with E-state index < -0.39 is 0 Å². The van der Waals surface area contributed by atoms with E-state index >= 15 is 0 Å². The molecule has 1 aliphatic heterocycles. The highest BCUT2D eigenvalue weighted by atomic mass is 32.1. The van der Waals surface area contributed by atoms with E-state index in [0.717, 1.165) is 16.6 Å². The van der Waals surface area contributed by atoms with E-state index in [-0.39, 0.29) is 17.8 Å². The molecule has 0 radical (unpaired) electrons. The maximum absolute atomic E-state index is 12.8. The van der Waals surface area contributed by atoms with Gasteiger partial charge in [0.1, 0.15) is 0 Å². The number of carbonyl (C=O) groups excluding carboxylic acids is 3. The number of hydrogen-bond donors (Lipinski definition) is 2. The summed E-state index contributed by atoms with van der Waals surface area (Å²) in [6, 6.07) is 14.2. The molecular weight excluding hydrogens is 426 g/mol. The predicted molar refractivity (Wildman–Crippen MR) is 125 cm³/mol. The zero-order valence-electron chi connectivity index (χ0n) is 17.8. The van der Waals surface area contributed by atoms with Crippen LogP contribution in [0.15, 0.2) is 48.5 Å². The Bertz CT molecular complexity index is 1090. The first-order valence-electron chi connectivity index (χ1n) is 10.6. The molecule has 32 heavy (non-hydrogen) atoms. The summed E-state index contributed by atoms with van der Waals surface area (Å²) in [7, 11) is 0. The average molecular weight is 452 g/mol. The van der Waals surface area contributed by atoms with Crippen LogP contribution in [-0.4, -0.2) is 65.4 Å². The fourth-order valence-electron chi connectivity index (χ4n) is 3.50. The van der Waals surface area contributed by atoms with E-state index in [1.165, 1.54) is 11.3 Å². The SMILES string of the molecule is CCCNC(=O)N1CCN(C(=O)c2ccc(C(=O)Nc3nc4ccccc4s3)cc2)CC1. The van der Waals surface area contributed by atoms with Crippen molar-refractivity contribution >= 4 is 44.5 Å². The van der Waals surface area contributed by atoms with Gasteiger partial charge in [-0.15, -0.1) is 0 Å². The first-order chi connectivity index (χ1) is 15.5. The maximum Gasteiger partial charge on any atom is 0.317 e. The monoisotopic (exact) mass is 451 g/mol. The number of nitrogens with one attached hydrogen (secondary N) is 2. The number of anilines is 1. The quantitative estimate of drug-likeness (QED) is 0.621. The Morgan fingerprint density at radius 2 is 1.59 bits per heavy atom. The van der Waals surface area contributed by atoms with E-state index in [4.69, 9.17) is 0 Å². The van der Waals surface area contributed by atoms with Crippen molar-refractivity contribution < 1.29 is 14.4 Å². The first kappa shape index (κ1) is 21.8. The number of aromatic nitrogens is 1. The van der Waals surface area contributed by atoms with Gasteiger partial charge >= 0.3 is 6.03 Å². The summed E-state index contributed by atoms with van der Waals surface area (Å²) in [5.41, 5.74) is 1.82. The molecule has 4 rings (SSSR count).